The summed E-state index contributed by atoms with van der Waals surface area (Å²) in [4.78, 5) is 25.4. The Bertz CT molecular complexity index is 473. The third kappa shape index (κ3) is 3.59. The van der Waals surface area contributed by atoms with Crippen molar-refractivity contribution in [2.24, 2.45) is 11.7 Å². The van der Waals surface area contributed by atoms with Gasteiger partial charge in [-0.15, -0.1) is 0 Å². The van der Waals surface area contributed by atoms with Crippen LogP contribution < -0.4 is 5.73 Å². The molecule has 2 unspecified atom stereocenters. The maximum atomic E-state index is 12.3. The Hall–Kier alpha value is -1.84. The Labute approximate surface area is 119 Å². The maximum absolute atomic E-state index is 12.3. The molecule has 0 aromatic heterocycles. The number of hydrogen-bond donors (Lipinski definition) is 1. The lowest BCUT2D eigenvalue weighted by Gasteiger charge is -2.32. The topological polar surface area (TPSA) is 63.4 Å². The van der Waals surface area contributed by atoms with E-state index in [-0.39, 0.29) is 23.7 Å². The minimum absolute atomic E-state index is 0.118. The van der Waals surface area contributed by atoms with Gasteiger partial charge in [0.2, 0.25) is 11.8 Å². The summed E-state index contributed by atoms with van der Waals surface area (Å²) in [6.45, 7) is 3.28. The first-order chi connectivity index (χ1) is 9.58. The molecule has 1 heterocycles. The minimum Gasteiger partial charge on any atom is -0.369 e. The Kier molecular flexibility index (Phi) is 4.77. The lowest BCUT2D eigenvalue weighted by molar-refractivity contribution is -0.135. The number of carbonyl (C=O) groups is 2. The first-order valence-electron chi connectivity index (χ1n) is 7.20. The van der Waals surface area contributed by atoms with Crippen molar-refractivity contribution >= 4 is 11.8 Å². The fraction of sp³-hybridized carbons (Fsp3) is 0.500. The predicted molar refractivity (Wildman–Crippen MR) is 78.0 cm³/mol. The number of carbonyl (C=O) groups excluding carboxylic acids is 2. The highest BCUT2D eigenvalue weighted by Crippen LogP contribution is 2.22. The highest BCUT2D eigenvalue weighted by Gasteiger charge is 2.27. The summed E-state index contributed by atoms with van der Waals surface area (Å²) < 4.78 is 0. The number of primary amides is 1. The summed E-state index contributed by atoms with van der Waals surface area (Å²) in [5, 5.41) is 0. The zero-order valence-electron chi connectivity index (χ0n) is 11.9. The van der Waals surface area contributed by atoms with E-state index in [1.807, 2.05) is 30.3 Å². The molecule has 0 bridgehead atoms. The molecule has 1 saturated heterocycles. The number of benzene rings is 1. The molecule has 0 radical (unpaired) electrons. The summed E-state index contributed by atoms with van der Waals surface area (Å²) in [6, 6.07) is 10.0. The average molecular weight is 274 g/mol. The van der Waals surface area contributed by atoms with Gasteiger partial charge in [0, 0.05) is 19.5 Å². The summed E-state index contributed by atoms with van der Waals surface area (Å²) in [5.41, 5.74) is 6.52. The molecule has 0 aliphatic carbocycles. The van der Waals surface area contributed by atoms with Gasteiger partial charge >= 0.3 is 0 Å². The highest BCUT2D eigenvalue weighted by molar-refractivity contribution is 5.80. The Morgan fingerprint density at radius 2 is 2.05 bits per heavy atom. The van der Waals surface area contributed by atoms with Crippen molar-refractivity contribution in [3.8, 4) is 0 Å². The molecule has 0 spiro atoms. The number of hydrogen-bond acceptors (Lipinski definition) is 2. The van der Waals surface area contributed by atoms with Crippen molar-refractivity contribution < 1.29 is 9.59 Å². The summed E-state index contributed by atoms with van der Waals surface area (Å²) in [6.07, 6.45) is 2.14. The van der Waals surface area contributed by atoms with Crippen LogP contribution in [0, 0.1) is 5.92 Å². The molecule has 4 nitrogen and oxygen atoms in total. The van der Waals surface area contributed by atoms with Crippen LogP contribution in [0.2, 0.25) is 0 Å². The van der Waals surface area contributed by atoms with Gasteiger partial charge < -0.3 is 10.6 Å². The fourth-order valence-corrected chi connectivity index (χ4v) is 2.73. The zero-order valence-corrected chi connectivity index (χ0v) is 11.9. The molecular weight excluding hydrogens is 252 g/mol. The van der Waals surface area contributed by atoms with E-state index in [9.17, 15) is 9.59 Å². The van der Waals surface area contributed by atoms with Crippen molar-refractivity contribution in [1.82, 2.24) is 4.90 Å². The second kappa shape index (κ2) is 6.55. The molecule has 2 atom stereocenters. The van der Waals surface area contributed by atoms with Gasteiger partial charge in [0.25, 0.3) is 0 Å². The molecule has 1 fully saturated rings. The van der Waals surface area contributed by atoms with Gasteiger partial charge in [-0.05, 0) is 24.3 Å². The quantitative estimate of drug-likeness (QED) is 0.911. The third-order valence-electron chi connectivity index (χ3n) is 4.03. The van der Waals surface area contributed by atoms with Crippen molar-refractivity contribution in [3.63, 3.8) is 0 Å². The molecule has 4 heteroatoms. The van der Waals surface area contributed by atoms with Crippen LogP contribution in [-0.4, -0.2) is 29.8 Å². The van der Waals surface area contributed by atoms with Gasteiger partial charge in [0.05, 0.1) is 5.92 Å². The standard InChI is InChI=1S/C16H22N2O2/c1-12(13-6-3-2-4-7-13)10-15(19)18-9-5-8-14(11-18)16(17)20/h2-4,6-7,12,14H,5,8-11H2,1H3,(H2,17,20). The molecule has 0 saturated carbocycles. The molecule has 1 aliphatic rings. The Morgan fingerprint density at radius 3 is 2.70 bits per heavy atom. The van der Waals surface area contributed by atoms with Gasteiger partial charge in [0.15, 0.2) is 0 Å². The summed E-state index contributed by atoms with van der Waals surface area (Å²) in [7, 11) is 0. The van der Waals surface area contributed by atoms with Crippen molar-refractivity contribution in [3.05, 3.63) is 35.9 Å². The van der Waals surface area contributed by atoms with Gasteiger partial charge in [-0.1, -0.05) is 37.3 Å². The van der Waals surface area contributed by atoms with Crippen LogP contribution >= 0.6 is 0 Å². The SMILES string of the molecule is CC(CC(=O)N1CCCC(C(N)=O)C1)c1ccccc1. The van der Waals surface area contributed by atoms with Crippen molar-refractivity contribution in [1.29, 1.82) is 0 Å². The van der Waals surface area contributed by atoms with Crippen LogP contribution in [0.4, 0.5) is 0 Å². The number of nitrogens with zero attached hydrogens (tertiary/aromatic N) is 1. The number of rotatable bonds is 4. The smallest absolute Gasteiger partial charge is 0.223 e. The Balaban J connectivity index is 1.93. The first-order valence-corrected chi connectivity index (χ1v) is 7.20. The van der Waals surface area contributed by atoms with E-state index in [1.165, 1.54) is 5.56 Å². The number of likely N-dealkylation sites (tertiary alicyclic amines) is 1. The van der Waals surface area contributed by atoms with Gasteiger partial charge in [0.1, 0.15) is 0 Å². The van der Waals surface area contributed by atoms with Crippen molar-refractivity contribution in [2.45, 2.75) is 32.1 Å². The predicted octanol–water partition coefficient (Wildman–Crippen LogP) is 1.90. The van der Waals surface area contributed by atoms with Gasteiger partial charge in [-0.3, -0.25) is 9.59 Å². The van der Waals surface area contributed by atoms with Crippen LogP contribution in [0.5, 0.6) is 0 Å². The Morgan fingerprint density at radius 1 is 1.35 bits per heavy atom. The van der Waals surface area contributed by atoms with Crippen LogP contribution in [0.25, 0.3) is 0 Å². The normalized spacial score (nSPS) is 20.4. The van der Waals surface area contributed by atoms with E-state index in [0.29, 0.717) is 13.0 Å². The second-order valence-corrected chi connectivity index (χ2v) is 5.60. The monoisotopic (exact) mass is 274 g/mol. The number of nitrogens with two attached hydrogens (primary N) is 1. The van der Waals surface area contributed by atoms with E-state index < -0.39 is 0 Å². The average Bonchev–Trinajstić information content (AvgIpc) is 2.48. The molecular formula is C16H22N2O2. The molecule has 2 rings (SSSR count). The maximum Gasteiger partial charge on any atom is 0.223 e. The van der Waals surface area contributed by atoms with Gasteiger partial charge in [-0.2, -0.15) is 0 Å². The van der Waals surface area contributed by atoms with Crippen LogP contribution in [0.3, 0.4) is 0 Å². The van der Waals surface area contributed by atoms with Crippen LogP contribution in [-0.2, 0) is 9.59 Å². The number of piperidine rings is 1. The molecule has 1 aromatic rings. The zero-order chi connectivity index (χ0) is 14.5. The molecule has 1 aromatic carbocycles. The third-order valence-corrected chi connectivity index (χ3v) is 4.03. The summed E-state index contributed by atoms with van der Waals surface area (Å²) >= 11 is 0. The van der Waals surface area contributed by atoms with E-state index >= 15 is 0 Å². The molecule has 2 amide bonds. The summed E-state index contributed by atoms with van der Waals surface area (Å²) in [5.74, 6) is -0.164. The molecule has 2 N–H and O–H groups in total. The second-order valence-electron chi connectivity index (χ2n) is 5.60. The fourth-order valence-electron chi connectivity index (χ4n) is 2.73. The van der Waals surface area contributed by atoms with Crippen LogP contribution in [0.15, 0.2) is 30.3 Å². The van der Waals surface area contributed by atoms with Gasteiger partial charge in [-0.25, -0.2) is 0 Å². The first kappa shape index (κ1) is 14.6. The van der Waals surface area contributed by atoms with E-state index in [2.05, 4.69) is 6.92 Å². The lowest BCUT2D eigenvalue weighted by atomic mass is 9.94. The van der Waals surface area contributed by atoms with Crippen molar-refractivity contribution in [2.75, 3.05) is 13.1 Å². The highest BCUT2D eigenvalue weighted by atomic mass is 16.2. The largest absolute Gasteiger partial charge is 0.369 e. The van der Waals surface area contributed by atoms with Crippen LogP contribution in [0.1, 0.15) is 37.7 Å². The molecule has 20 heavy (non-hydrogen) atoms. The lowest BCUT2D eigenvalue weighted by Crippen LogP contribution is -2.44. The van der Waals surface area contributed by atoms with E-state index in [1.54, 1.807) is 4.90 Å². The van der Waals surface area contributed by atoms with E-state index in [0.717, 1.165) is 19.4 Å². The number of amides is 2. The minimum atomic E-state index is -0.293. The van der Waals surface area contributed by atoms with E-state index in [4.69, 9.17) is 5.73 Å². The molecule has 108 valence electrons. The molecule has 1 aliphatic heterocycles.